The van der Waals surface area contributed by atoms with E-state index >= 15 is 0 Å². The lowest BCUT2D eigenvalue weighted by atomic mass is 10.0. The van der Waals surface area contributed by atoms with Crippen molar-refractivity contribution in [2.45, 2.75) is 32.9 Å². The molecule has 1 aromatic heterocycles. The van der Waals surface area contributed by atoms with E-state index in [1.165, 1.54) is 0 Å². The Bertz CT molecular complexity index is 774. The Kier molecular flexibility index (Phi) is 4.94. The van der Waals surface area contributed by atoms with Crippen molar-refractivity contribution in [3.05, 3.63) is 40.6 Å². The first-order valence-electron chi connectivity index (χ1n) is 8.16. The predicted molar refractivity (Wildman–Crippen MR) is 99.2 cm³/mol. The second-order valence-corrected chi connectivity index (χ2v) is 7.28. The van der Waals surface area contributed by atoms with E-state index in [1.54, 1.807) is 36.5 Å². The molecule has 3 amide bonds. The van der Waals surface area contributed by atoms with Crippen molar-refractivity contribution in [3.8, 4) is 5.75 Å². The number of hydrogen-bond donors (Lipinski definition) is 3. The molecule has 3 rings (SSSR count). The molecule has 1 aromatic carbocycles. The molecule has 2 atom stereocenters. The van der Waals surface area contributed by atoms with Gasteiger partial charge in [0.25, 0.3) is 5.91 Å². The summed E-state index contributed by atoms with van der Waals surface area (Å²) in [5.74, 6) is 0.658. The minimum atomic E-state index is -0.521. The molecule has 1 aliphatic rings. The highest BCUT2D eigenvalue weighted by Crippen LogP contribution is 2.32. The van der Waals surface area contributed by atoms with Crippen molar-refractivity contribution in [2.24, 2.45) is 5.92 Å². The summed E-state index contributed by atoms with van der Waals surface area (Å²) in [4.78, 5) is 25.2. The van der Waals surface area contributed by atoms with Gasteiger partial charge in [-0.1, -0.05) is 19.9 Å². The quantitative estimate of drug-likeness (QED) is 0.772. The number of nitrogens with one attached hydrogen (secondary N) is 3. The summed E-state index contributed by atoms with van der Waals surface area (Å²) in [7, 11) is 0. The van der Waals surface area contributed by atoms with Crippen LogP contribution < -0.4 is 20.7 Å². The van der Waals surface area contributed by atoms with Gasteiger partial charge in [-0.2, -0.15) is 0 Å². The zero-order chi connectivity index (χ0) is 18.0. The Morgan fingerprint density at radius 1 is 1.32 bits per heavy atom. The van der Waals surface area contributed by atoms with E-state index in [0.29, 0.717) is 17.1 Å². The lowest BCUT2D eigenvalue weighted by Crippen LogP contribution is -2.35. The molecule has 6 nitrogen and oxygen atoms in total. The minimum absolute atomic E-state index is 0.0542. The number of carbonyl (C=O) groups excluding carboxylic acids is 2. The van der Waals surface area contributed by atoms with Crippen LogP contribution in [0.25, 0.3) is 0 Å². The molecule has 0 unspecified atom stereocenters. The third-order valence-electron chi connectivity index (χ3n) is 3.97. The molecule has 1 aliphatic heterocycles. The van der Waals surface area contributed by atoms with Gasteiger partial charge in [-0.05, 0) is 42.5 Å². The fraction of sp³-hybridized carbons (Fsp3) is 0.333. The van der Waals surface area contributed by atoms with Gasteiger partial charge < -0.3 is 20.7 Å². The Morgan fingerprint density at radius 2 is 2.12 bits per heavy atom. The number of thiophene rings is 1. The van der Waals surface area contributed by atoms with E-state index in [1.807, 2.05) is 17.5 Å². The third-order valence-corrected chi connectivity index (χ3v) is 4.93. The SMILES string of the molecule is CC(C)[C@H](NC(=O)Nc1ccc2c(c1)NC(=O)[C@@H](C)O2)c1cccs1. The maximum Gasteiger partial charge on any atom is 0.319 e. The molecule has 0 bridgehead atoms. The lowest BCUT2D eigenvalue weighted by molar-refractivity contribution is -0.122. The van der Waals surface area contributed by atoms with Crippen molar-refractivity contribution in [2.75, 3.05) is 10.6 Å². The van der Waals surface area contributed by atoms with Crippen molar-refractivity contribution in [1.82, 2.24) is 5.32 Å². The summed E-state index contributed by atoms with van der Waals surface area (Å²) in [6.45, 7) is 5.82. The van der Waals surface area contributed by atoms with Gasteiger partial charge in [0.15, 0.2) is 6.10 Å². The van der Waals surface area contributed by atoms with Crippen LogP contribution in [-0.2, 0) is 4.79 Å². The number of urea groups is 1. The number of rotatable bonds is 4. The number of hydrogen-bond acceptors (Lipinski definition) is 4. The van der Waals surface area contributed by atoms with E-state index in [2.05, 4.69) is 29.8 Å². The zero-order valence-corrected chi connectivity index (χ0v) is 15.1. The van der Waals surface area contributed by atoms with Crippen LogP contribution in [0, 0.1) is 5.92 Å². The van der Waals surface area contributed by atoms with Crippen LogP contribution in [0.4, 0.5) is 16.2 Å². The maximum absolute atomic E-state index is 12.4. The van der Waals surface area contributed by atoms with Crippen LogP contribution in [0.3, 0.4) is 0 Å². The molecule has 0 fully saturated rings. The summed E-state index contributed by atoms with van der Waals surface area (Å²) in [6, 6.07) is 8.82. The summed E-state index contributed by atoms with van der Waals surface area (Å²) in [6.07, 6.45) is -0.521. The molecule has 0 saturated heterocycles. The second kappa shape index (κ2) is 7.14. The highest BCUT2D eigenvalue weighted by atomic mass is 32.1. The van der Waals surface area contributed by atoms with Gasteiger partial charge in [-0.15, -0.1) is 11.3 Å². The van der Waals surface area contributed by atoms with Crippen LogP contribution in [0.15, 0.2) is 35.7 Å². The van der Waals surface area contributed by atoms with Gasteiger partial charge in [-0.3, -0.25) is 4.79 Å². The molecule has 7 heteroatoms. The van der Waals surface area contributed by atoms with Gasteiger partial charge in [-0.25, -0.2) is 4.79 Å². The number of ether oxygens (including phenoxy) is 1. The van der Waals surface area contributed by atoms with E-state index in [4.69, 9.17) is 4.74 Å². The Labute approximate surface area is 150 Å². The molecule has 0 saturated carbocycles. The largest absolute Gasteiger partial charge is 0.479 e. The molecular formula is C18H21N3O3S. The molecule has 2 aromatic rings. The smallest absolute Gasteiger partial charge is 0.319 e. The number of fused-ring (bicyclic) bond motifs is 1. The van der Waals surface area contributed by atoms with E-state index < -0.39 is 6.10 Å². The van der Waals surface area contributed by atoms with Crippen LogP contribution in [-0.4, -0.2) is 18.0 Å². The van der Waals surface area contributed by atoms with Crippen molar-refractivity contribution >= 4 is 34.6 Å². The zero-order valence-electron chi connectivity index (χ0n) is 14.3. The number of amides is 3. The second-order valence-electron chi connectivity index (χ2n) is 6.30. The van der Waals surface area contributed by atoms with Crippen LogP contribution >= 0.6 is 11.3 Å². The Balaban J connectivity index is 1.69. The monoisotopic (exact) mass is 359 g/mol. The van der Waals surface area contributed by atoms with Crippen molar-refractivity contribution in [1.29, 1.82) is 0 Å². The normalized spacial score (nSPS) is 17.3. The highest BCUT2D eigenvalue weighted by Gasteiger charge is 2.24. The first-order chi connectivity index (χ1) is 11.9. The van der Waals surface area contributed by atoms with Gasteiger partial charge in [0.2, 0.25) is 0 Å². The maximum atomic E-state index is 12.4. The molecule has 0 spiro atoms. The number of carbonyl (C=O) groups is 2. The first-order valence-corrected chi connectivity index (χ1v) is 9.04. The fourth-order valence-corrected chi connectivity index (χ4v) is 3.58. The van der Waals surface area contributed by atoms with Crippen molar-refractivity contribution in [3.63, 3.8) is 0 Å². The third kappa shape index (κ3) is 3.93. The number of anilines is 2. The highest BCUT2D eigenvalue weighted by molar-refractivity contribution is 7.10. The molecule has 3 N–H and O–H groups in total. The summed E-state index contributed by atoms with van der Waals surface area (Å²) in [5, 5.41) is 10.6. The molecule has 0 radical (unpaired) electrons. The molecule has 25 heavy (non-hydrogen) atoms. The van der Waals surface area contributed by atoms with Gasteiger partial charge in [0.1, 0.15) is 5.75 Å². The average molecular weight is 359 g/mol. The number of benzene rings is 1. The first kappa shape index (κ1) is 17.3. The topological polar surface area (TPSA) is 79.5 Å². The summed E-state index contributed by atoms with van der Waals surface area (Å²) < 4.78 is 5.51. The molecule has 2 heterocycles. The molecule has 132 valence electrons. The predicted octanol–water partition coefficient (Wildman–Crippen LogP) is 3.99. The average Bonchev–Trinajstić information content (AvgIpc) is 3.08. The minimum Gasteiger partial charge on any atom is -0.479 e. The van der Waals surface area contributed by atoms with E-state index in [9.17, 15) is 9.59 Å². The van der Waals surface area contributed by atoms with Crippen molar-refractivity contribution < 1.29 is 14.3 Å². The summed E-state index contributed by atoms with van der Waals surface area (Å²) >= 11 is 1.62. The Morgan fingerprint density at radius 3 is 2.80 bits per heavy atom. The van der Waals surface area contributed by atoms with E-state index in [-0.39, 0.29) is 23.9 Å². The summed E-state index contributed by atoms with van der Waals surface area (Å²) in [5.41, 5.74) is 1.14. The standard InChI is InChI=1S/C18H21N3O3S/c1-10(2)16(15-5-4-8-25-15)21-18(23)19-12-6-7-14-13(9-12)20-17(22)11(3)24-14/h4-11,16H,1-3H3,(H,20,22)(H2,19,21,23)/t11-,16+/m1/s1. The fourth-order valence-electron chi connectivity index (χ4n) is 2.63. The van der Waals surface area contributed by atoms with Gasteiger partial charge in [0.05, 0.1) is 11.7 Å². The lowest BCUT2D eigenvalue weighted by Gasteiger charge is -2.24. The Hall–Kier alpha value is -2.54. The van der Waals surface area contributed by atoms with Crippen LogP contribution in [0.2, 0.25) is 0 Å². The molecule has 0 aliphatic carbocycles. The molecular weight excluding hydrogens is 338 g/mol. The van der Waals surface area contributed by atoms with Gasteiger partial charge in [0, 0.05) is 10.6 Å². The van der Waals surface area contributed by atoms with Gasteiger partial charge >= 0.3 is 6.03 Å². The van der Waals surface area contributed by atoms with Crippen LogP contribution in [0.1, 0.15) is 31.7 Å². The van der Waals surface area contributed by atoms with E-state index in [0.717, 1.165) is 4.88 Å². The van der Waals surface area contributed by atoms with Crippen LogP contribution in [0.5, 0.6) is 5.75 Å².